The monoisotopic (exact) mass is 553 g/mol. The van der Waals surface area contributed by atoms with Gasteiger partial charge in [0.2, 0.25) is 5.79 Å². The van der Waals surface area contributed by atoms with Crippen molar-refractivity contribution in [2.45, 2.75) is 43.9 Å². The van der Waals surface area contributed by atoms with Crippen LogP contribution in [0.2, 0.25) is 0 Å². The van der Waals surface area contributed by atoms with Gasteiger partial charge in [-0.15, -0.1) is 0 Å². The lowest BCUT2D eigenvalue weighted by Crippen LogP contribution is -2.45. The highest BCUT2D eigenvalue weighted by Crippen LogP contribution is 2.42. The fourth-order valence-corrected chi connectivity index (χ4v) is 4.99. The minimum Gasteiger partial charge on any atom is -0.381 e. The lowest BCUT2D eigenvalue weighted by molar-refractivity contribution is -0.256. The molecule has 0 aliphatic carbocycles. The van der Waals surface area contributed by atoms with E-state index in [0.717, 1.165) is 16.7 Å². The molecule has 1 fully saturated rings. The summed E-state index contributed by atoms with van der Waals surface area (Å²) in [6, 6.07) is 29.4. The van der Waals surface area contributed by atoms with Gasteiger partial charge in [0.1, 0.15) is 30.3 Å². The zero-order valence-electron chi connectivity index (χ0n) is 22.3. The van der Waals surface area contributed by atoms with Crippen LogP contribution in [0, 0.1) is 0 Å². The number of nitrogens with zero attached hydrogens (tertiary/aromatic N) is 4. The molecule has 0 bridgehead atoms. The van der Waals surface area contributed by atoms with E-state index >= 15 is 0 Å². The molecular formula is C31H31N5O5. The second-order valence-electron chi connectivity index (χ2n) is 9.86. The highest BCUT2D eigenvalue weighted by molar-refractivity contribution is 5.59. The first-order chi connectivity index (χ1) is 20.1. The number of aromatic nitrogens is 4. The highest BCUT2D eigenvalue weighted by Gasteiger charge is 2.59. The van der Waals surface area contributed by atoms with Gasteiger partial charge in [0.05, 0.1) is 32.6 Å². The number of hydrogen-bond acceptors (Lipinski definition) is 9. The summed E-state index contributed by atoms with van der Waals surface area (Å²) in [4.78, 5) is 8.36. The van der Waals surface area contributed by atoms with E-state index in [9.17, 15) is 5.11 Å². The van der Waals surface area contributed by atoms with Crippen LogP contribution in [0.25, 0.3) is 5.65 Å². The van der Waals surface area contributed by atoms with Crippen LogP contribution in [-0.4, -0.2) is 49.6 Å². The number of fused-ring (bicyclic) bond motifs is 1. The molecule has 3 N–H and O–H groups in total. The SMILES string of the molecule is Nc1ncnn2c([C@]3(O)O[C@H](COCc4ccccc4)C(OCc4ccccc4)C3OCc3ccccc3)cnc12. The fourth-order valence-electron chi connectivity index (χ4n) is 4.99. The molecule has 3 heterocycles. The van der Waals surface area contributed by atoms with Crippen molar-refractivity contribution < 1.29 is 24.1 Å². The van der Waals surface area contributed by atoms with E-state index < -0.39 is 24.1 Å². The molecule has 10 nitrogen and oxygen atoms in total. The van der Waals surface area contributed by atoms with Crippen molar-refractivity contribution in [2.24, 2.45) is 0 Å². The molecule has 10 heteroatoms. The minimum atomic E-state index is -1.99. The number of imidazole rings is 1. The second-order valence-corrected chi connectivity index (χ2v) is 9.86. The van der Waals surface area contributed by atoms with Crippen LogP contribution < -0.4 is 5.73 Å². The molecule has 3 aromatic carbocycles. The van der Waals surface area contributed by atoms with Crippen LogP contribution in [0.3, 0.4) is 0 Å². The second kappa shape index (κ2) is 12.1. The predicted molar refractivity (Wildman–Crippen MR) is 150 cm³/mol. The molecule has 4 atom stereocenters. The van der Waals surface area contributed by atoms with Gasteiger partial charge in [-0.1, -0.05) is 91.0 Å². The first-order valence-electron chi connectivity index (χ1n) is 13.4. The summed E-state index contributed by atoms with van der Waals surface area (Å²) in [5.74, 6) is -1.81. The average Bonchev–Trinajstić information content (AvgIpc) is 3.57. The van der Waals surface area contributed by atoms with E-state index in [1.165, 1.54) is 17.0 Å². The Morgan fingerprint density at radius 3 is 2.02 bits per heavy atom. The summed E-state index contributed by atoms with van der Waals surface area (Å²) in [6.45, 7) is 1.02. The van der Waals surface area contributed by atoms with Crippen molar-refractivity contribution in [3.05, 3.63) is 126 Å². The van der Waals surface area contributed by atoms with Gasteiger partial charge >= 0.3 is 0 Å². The Morgan fingerprint density at radius 2 is 1.39 bits per heavy atom. The van der Waals surface area contributed by atoms with E-state index in [1.54, 1.807) is 0 Å². The normalized spacial score (nSPS) is 22.3. The van der Waals surface area contributed by atoms with Crippen LogP contribution in [-0.2, 0) is 44.6 Å². The van der Waals surface area contributed by atoms with Crippen LogP contribution >= 0.6 is 0 Å². The molecule has 0 spiro atoms. The van der Waals surface area contributed by atoms with Gasteiger partial charge in [0.15, 0.2) is 11.5 Å². The third kappa shape index (κ3) is 5.83. The van der Waals surface area contributed by atoms with E-state index in [2.05, 4.69) is 15.1 Å². The molecular weight excluding hydrogens is 522 g/mol. The van der Waals surface area contributed by atoms with E-state index in [-0.39, 0.29) is 31.3 Å². The van der Waals surface area contributed by atoms with Gasteiger partial charge in [-0.05, 0) is 16.7 Å². The van der Waals surface area contributed by atoms with Gasteiger partial charge in [-0.2, -0.15) is 5.10 Å². The summed E-state index contributed by atoms with van der Waals surface area (Å²) in [5, 5.41) is 16.6. The van der Waals surface area contributed by atoms with Crippen molar-refractivity contribution in [3.8, 4) is 0 Å². The quantitative estimate of drug-likeness (QED) is 0.252. The zero-order chi connectivity index (χ0) is 28.1. The number of nitrogens with two attached hydrogens (primary N) is 1. The van der Waals surface area contributed by atoms with Crippen LogP contribution in [0.5, 0.6) is 0 Å². The molecule has 0 radical (unpaired) electrons. The van der Waals surface area contributed by atoms with Crippen LogP contribution in [0.1, 0.15) is 22.4 Å². The number of ether oxygens (including phenoxy) is 4. The van der Waals surface area contributed by atoms with E-state index in [0.29, 0.717) is 12.3 Å². The summed E-state index contributed by atoms with van der Waals surface area (Å²) in [5.41, 5.74) is 9.52. The topological polar surface area (TPSA) is 126 Å². The van der Waals surface area contributed by atoms with Crippen molar-refractivity contribution in [1.82, 2.24) is 19.6 Å². The molecule has 2 aromatic heterocycles. The predicted octanol–water partition coefficient (Wildman–Crippen LogP) is 3.64. The van der Waals surface area contributed by atoms with Gasteiger partial charge in [-0.25, -0.2) is 14.5 Å². The number of anilines is 1. The van der Waals surface area contributed by atoms with Gasteiger partial charge < -0.3 is 29.8 Å². The van der Waals surface area contributed by atoms with Crippen molar-refractivity contribution in [1.29, 1.82) is 0 Å². The first kappa shape index (κ1) is 27.0. The molecule has 1 aliphatic heterocycles. The lowest BCUT2D eigenvalue weighted by atomic mass is 10.0. The lowest BCUT2D eigenvalue weighted by Gasteiger charge is -2.30. The maximum absolute atomic E-state index is 12.3. The summed E-state index contributed by atoms with van der Waals surface area (Å²) >= 11 is 0. The molecule has 2 unspecified atom stereocenters. The van der Waals surface area contributed by atoms with Crippen molar-refractivity contribution >= 4 is 11.5 Å². The number of benzene rings is 3. The number of aliphatic hydroxyl groups is 1. The third-order valence-corrected chi connectivity index (χ3v) is 7.03. The van der Waals surface area contributed by atoms with Gasteiger partial charge in [0, 0.05) is 0 Å². The molecule has 6 rings (SSSR count). The Hall–Kier alpha value is -4.19. The van der Waals surface area contributed by atoms with E-state index in [1.807, 2.05) is 91.0 Å². The molecule has 0 saturated carbocycles. The summed E-state index contributed by atoms with van der Waals surface area (Å²) in [7, 11) is 0. The Bertz CT molecular complexity index is 1550. The summed E-state index contributed by atoms with van der Waals surface area (Å²) < 4.78 is 26.8. The fraction of sp³-hybridized carbons (Fsp3) is 0.258. The Labute approximate surface area is 237 Å². The minimum absolute atomic E-state index is 0.149. The standard InChI is InChI=1S/C31H31N5O5/c32-29-30-33-16-26(36(30)35-21-34-29)31(37)28(40-19-24-14-8-3-9-15-24)27(39-18-23-12-6-2-7-13-23)25(41-31)20-38-17-22-10-4-1-5-11-22/h1-16,21,25,27-28,37H,17-20H2,(H2,32,34,35)/t25-,27?,28?,31+/m1/s1. The molecule has 0 amide bonds. The highest BCUT2D eigenvalue weighted by atomic mass is 16.7. The largest absolute Gasteiger partial charge is 0.381 e. The molecule has 210 valence electrons. The number of hydrogen-bond donors (Lipinski definition) is 2. The molecule has 1 aliphatic rings. The number of nitrogen functional groups attached to an aromatic ring is 1. The summed E-state index contributed by atoms with van der Waals surface area (Å²) in [6.07, 6.45) is 0.422. The van der Waals surface area contributed by atoms with Gasteiger partial charge in [-0.3, -0.25) is 0 Å². The Morgan fingerprint density at radius 1 is 0.805 bits per heavy atom. The number of rotatable bonds is 11. The maximum Gasteiger partial charge on any atom is 0.242 e. The molecule has 41 heavy (non-hydrogen) atoms. The first-order valence-corrected chi connectivity index (χ1v) is 13.4. The Kier molecular flexibility index (Phi) is 7.99. The van der Waals surface area contributed by atoms with Crippen molar-refractivity contribution in [2.75, 3.05) is 12.3 Å². The molecule has 1 saturated heterocycles. The van der Waals surface area contributed by atoms with Gasteiger partial charge in [0.25, 0.3) is 0 Å². The van der Waals surface area contributed by atoms with Crippen molar-refractivity contribution in [3.63, 3.8) is 0 Å². The maximum atomic E-state index is 12.3. The average molecular weight is 554 g/mol. The Balaban J connectivity index is 1.33. The van der Waals surface area contributed by atoms with E-state index in [4.69, 9.17) is 24.7 Å². The third-order valence-electron chi connectivity index (χ3n) is 7.03. The molecule has 5 aromatic rings. The van der Waals surface area contributed by atoms with Crippen LogP contribution in [0.4, 0.5) is 5.82 Å². The van der Waals surface area contributed by atoms with Crippen LogP contribution in [0.15, 0.2) is 104 Å². The zero-order valence-corrected chi connectivity index (χ0v) is 22.3. The smallest absolute Gasteiger partial charge is 0.242 e.